The third kappa shape index (κ3) is 5.16. The van der Waals surface area contributed by atoms with Crippen LogP contribution in [-0.4, -0.2) is 60.1 Å². The number of carbonyl (C=O) groups is 2. The summed E-state index contributed by atoms with van der Waals surface area (Å²) in [7, 11) is 1.63. The fourth-order valence-electron chi connectivity index (χ4n) is 3.84. The first-order valence-electron chi connectivity index (χ1n) is 10.3. The van der Waals surface area contributed by atoms with Crippen molar-refractivity contribution in [2.24, 2.45) is 0 Å². The van der Waals surface area contributed by atoms with Crippen LogP contribution in [0.15, 0.2) is 36.5 Å². The highest BCUT2D eigenvalue weighted by Crippen LogP contribution is 2.27. The summed E-state index contributed by atoms with van der Waals surface area (Å²) < 4.78 is 10.9. The van der Waals surface area contributed by atoms with Crippen molar-refractivity contribution < 1.29 is 24.2 Å². The van der Waals surface area contributed by atoms with E-state index in [0.29, 0.717) is 50.2 Å². The van der Waals surface area contributed by atoms with Crippen LogP contribution in [0.3, 0.4) is 0 Å². The van der Waals surface area contributed by atoms with E-state index >= 15 is 0 Å². The normalized spacial score (nSPS) is 16.3. The zero-order valence-electron chi connectivity index (χ0n) is 17.3. The van der Waals surface area contributed by atoms with E-state index in [1.54, 1.807) is 31.5 Å². The summed E-state index contributed by atoms with van der Waals surface area (Å²) in [5, 5.41) is 9.79. The van der Waals surface area contributed by atoms with Crippen molar-refractivity contribution in [2.75, 3.05) is 26.9 Å². The number of hydrogen-bond acceptors (Lipinski definition) is 6. The minimum atomic E-state index is -0.0999. The van der Waals surface area contributed by atoms with Crippen LogP contribution in [0.25, 0.3) is 0 Å². The molecule has 30 heavy (non-hydrogen) atoms. The molecule has 1 aliphatic heterocycles. The summed E-state index contributed by atoms with van der Waals surface area (Å²) in [5.41, 5.74) is 1.52. The molecular formula is C23H28N2O5. The van der Waals surface area contributed by atoms with Crippen molar-refractivity contribution >= 4 is 12.2 Å². The lowest BCUT2D eigenvalue weighted by Crippen LogP contribution is -2.44. The lowest BCUT2D eigenvalue weighted by Gasteiger charge is -2.36. The Bertz CT molecular complexity index is 870. The van der Waals surface area contributed by atoms with Gasteiger partial charge in [0, 0.05) is 38.7 Å². The van der Waals surface area contributed by atoms with Gasteiger partial charge < -0.3 is 19.5 Å². The van der Waals surface area contributed by atoms with Crippen LogP contribution in [0.4, 0.5) is 0 Å². The van der Waals surface area contributed by atoms with E-state index in [1.807, 2.05) is 11.0 Å². The molecule has 1 atom stereocenters. The number of phenols is 1. The fourth-order valence-corrected chi connectivity index (χ4v) is 3.84. The summed E-state index contributed by atoms with van der Waals surface area (Å²) in [6, 6.07) is 8.41. The van der Waals surface area contributed by atoms with Crippen LogP contribution < -0.4 is 4.74 Å². The number of aromatic nitrogens is 1. The van der Waals surface area contributed by atoms with E-state index in [-0.39, 0.29) is 23.3 Å². The molecule has 3 rings (SSSR count). The molecule has 7 heteroatoms. The molecule has 1 saturated heterocycles. The molecule has 0 bridgehead atoms. The van der Waals surface area contributed by atoms with Gasteiger partial charge in [0.05, 0.1) is 30.0 Å². The Morgan fingerprint density at radius 1 is 1.27 bits per heavy atom. The highest BCUT2D eigenvalue weighted by Gasteiger charge is 2.29. The van der Waals surface area contributed by atoms with Crippen LogP contribution in [0.5, 0.6) is 11.5 Å². The van der Waals surface area contributed by atoms with Gasteiger partial charge in [-0.1, -0.05) is 6.07 Å². The van der Waals surface area contributed by atoms with Crippen LogP contribution >= 0.6 is 0 Å². The molecule has 7 nitrogen and oxygen atoms in total. The van der Waals surface area contributed by atoms with E-state index in [9.17, 15) is 14.7 Å². The molecule has 0 radical (unpaired) electrons. The van der Waals surface area contributed by atoms with Gasteiger partial charge in [-0.3, -0.25) is 14.6 Å². The van der Waals surface area contributed by atoms with E-state index in [4.69, 9.17) is 9.47 Å². The number of ether oxygens (including phenoxy) is 2. The molecule has 0 spiro atoms. The van der Waals surface area contributed by atoms with Crippen molar-refractivity contribution in [3.63, 3.8) is 0 Å². The van der Waals surface area contributed by atoms with E-state index in [2.05, 4.69) is 4.98 Å². The highest BCUT2D eigenvalue weighted by molar-refractivity contribution is 5.95. The largest absolute Gasteiger partial charge is 0.507 e. The van der Waals surface area contributed by atoms with Gasteiger partial charge in [-0.2, -0.15) is 0 Å². The summed E-state index contributed by atoms with van der Waals surface area (Å²) in [5.74, 6) is 0.245. The fraction of sp³-hybridized carbons (Fsp3) is 0.435. The van der Waals surface area contributed by atoms with Gasteiger partial charge >= 0.3 is 0 Å². The summed E-state index contributed by atoms with van der Waals surface area (Å²) >= 11 is 0. The maximum Gasteiger partial charge on any atom is 0.255 e. The zero-order chi connectivity index (χ0) is 21.3. The Labute approximate surface area is 176 Å². The van der Waals surface area contributed by atoms with Crippen molar-refractivity contribution in [2.45, 2.75) is 38.1 Å². The molecule has 1 aromatic heterocycles. The number of pyridine rings is 1. The molecule has 0 unspecified atom stereocenters. The Morgan fingerprint density at radius 3 is 2.93 bits per heavy atom. The number of nitrogens with zero attached hydrogens (tertiary/aromatic N) is 2. The first kappa shape index (κ1) is 21.8. The smallest absolute Gasteiger partial charge is 0.255 e. The van der Waals surface area contributed by atoms with Gasteiger partial charge in [-0.25, -0.2) is 0 Å². The maximum absolute atomic E-state index is 13.3. The van der Waals surface area contributed by atoms with Crippen LogP contribution in [0, 0.1) is 0 Å². The average Bonchev–Trinajstić information content (AvgIpc) is 2.78. The van der Waals surface area contributed by atoms with Gasteiger partial charge in [0.1, 0.15) is 11.5 Å². The first-order valence-corrected chi connectivity index (χ1v) is 10.3. The quantitative estimate of drug-likeness (QED) is 0.636. The minimum absolute atomic E-state index is 0.00941. The van der Waals surface area contributed by atoms with Gasteiger partial charge in [-0.15, -0.1) is 0 Å². The SMILES string of the molecule is COCCc1ncccc1C(=O)N1CCCC[C@H]1CCOc1cccc(O)c1C=O. The molecule has 160 valence electrons. The van der Waals surface area contributed by atoms with Crippen LogP contribution in [-0.2, 0) is 11.2 Å². The summed E-state index contributed by atoms with van der Waals surface area (Å²) in [6.07, 6.45) is 6.46. The Kier molecular flexibility index (Phi) is 7.79. The van der Waals surface area contributed by atoms with Crippen molar-refractivity contribution in [3.8, 4) is 11.5 Å². The number of aromatic hydroxyl groups is 1. The molecule has 1 fully saturated rings. The zero-order valence-corrected chi connectivity index (χ0v) is 17.3. The molecule has 0 aliphatic carbocycles. The molecule has 2 aromatic rings. The average molecular weight is 412 g/mol. The van der Waals surface area contributed by atoms with E-state index in [1.165, 1.54) is 6.07 Å². The number of piperidine rings is 1. The summed E-state index contributed by atoms with van der Waals surface area (Å²) in [6.45, 7) is 1.56. The number of benzene rings is 1. The monoisotopic (exact) mass is 412 g/mol. The standard InChI is InChI=1S/C23H28N2O5/c1-29-14-11-20-18(7-5-12-24-20)23(28)25-13-3-2-6-17(25)10-15-30-22-9-4-8-21(27)19(22)16-26/h4-5,7-9,12,16-17,27H,2-3,6,10-11,13-15H2,1H3/t17-/m0/s1. The third-order valence-corrected chi connectivity index (χ3v) is 5.42. The lowest BCUT2D eigenvalue weighted by atomic mass is 9.98. The van der Waals surface area contributed by atoms with Gasteiger partial charge in [0.25, 0.3) is 5.91 Å². The Balaban J connectivity index is 1.68. The molecule has 1 amide bonds. The van der Waals surface area contributed by atoms with Crippen LogP contribution in [0.2, 0.25) is 0 Å². The minimum Gasteiger partial charge on any atom is -0.507 e. The number of aldehydes is 1. The molecule has 1 aromatic carbocycles. The molecular weight excluding hydrogens is 384 g/mol. The highest BCUT2D eigenvalue weighted by atomic mass is 16.5. The molecule has 1 aliphatic rings. The van der Waals surface area contributed by atoms with Crippen molar-refractivity contribution in [3.05, 3.63) is 53.3 Å². The number of carbonyl (C=O) groups excluding carboxylic acids is 2. The molecule has 0 saturated carbocycles. The number of rotatable bonds is 9. The van der Waals surface area contributed by atoms with E-state index < -0.39 is 0 Å². The Morgan fingerprint density at radius 2 is 2.13 bits per heavy atom. The maximum atomic E-state index is 13.3. The second-order valence-corrected chi connectivity index (χ2v) is 7.33. The number of amides is 1. The first-order chi connectivity index (χ1) is 14.7. The number of hydrogen-bond donors (Lipinski definition) is 1. The molecule has 1 N–H and O–H groups in total. The lowest BCUT2D eigenvalue weighted by molar-refractivity contribution is 0.0578. The van der Waals surface area contributed by atoms with Gasteiger partial charge in [-0.05, 0) is 43.5 Å². The van der Waals surface area contributed by atoms with Crippen LogP contribution in [0.1, 0.15) is 52.1 Å². The van der Waals surface area contributed by atoms with Gasteiger partial charge in [0.15, 0.2) is 6.29 Å². The summed E-state index contributed by atoms with van der Waals surface area (Å²) in [4.78, 5) is 30.8. The van der Waals surface area contributed by atoms with Crippen molar-refractivity contribution in [1.82, 2.24) is 9.88 Å². The Hall–Kier alpha value is -2.93. The van der Waals surface area contributed by atoms with Gasteiger partial charge in [0.2, 0.25) is 0 Å². The second kappa shape index (κ2) is 10.7. The predicted octanol–water partition coefficient (Wildman–Crippen LogP) is 3.25. The van der Waals surface area contributed by atoms with Crippen molar-refractivity contribution in [1.29, 1.82) is 0 Å². The topological polar surface area (TPSA) is 89.0 Å². The number of phenolic OH excluding ortho intramolecular Hbond substituents is 1. The third-order valence-electron chi connectivity index (χ3n) is 5.42. The predicted molar refractivity (Wildman–Crippen MR) is 112 cm³/mol. The number of methoxy groups -OCH3 is 1. The second-order valence-electron chi connectivity index (χ2n) is 7.33. The van der Waals surface area contributed by atoms with E-state index in [0.717, 1.165) is 25.0 Å². The molecule has 2 heterocycles. The number of likely N-dealkylation sites (tertiary alicyclic amines) is 1.